The van der Waals surface area contributed by atoms with Gasteiger partial charge in [0.25, 0.3) is 0 Å². The molecule has 0 aromatic carbocycles. The highest BCUT2D eigenvalue weighted by atomic mass is 127. The molecule has 0 radical (unpaired) electrons. The van der Waals surface area contributed by atoms with Gasteiger partial charge in [-0.2, -0.15) is 0 Å². The molecule has 0 aromatic heterocycles. The second-order valence-corrected chi connectivity index (χ2v) is 7.82. The molecule has 84 valence electrons. The lowest BCUT2D eigenvalue weighted by Crippen LogP contribution is -2.33. The second-order valence-electron chi connectivity index (χ2n) is 5.21. The van der Waals surface area contributed by atoms with Crippen LogP contribution in [0.15, 0.2) is 0 Å². The Morgan fingerprint density at radius 1 is 1.21 bits per heavy atom. The van der Waals surface area contributed by atoms with Crippen LogP contribution in [0.2, 0.25) is 0 Å². The molecule has 0 saturated heterocycles. The molecule has 0 bridgehead atoms. The molecule has 2 N–H and O–H groups in total. The van der Waals surface area contributed by atoms with Crippen LogP contribution in [0.3, 0.4) is 0 Å². The van der Waals surface area contributed by atoms with Crippen molar-refractivity contribution in [3.8, 4) is 0 Å². The van der Waals surface area contributed by atoms with E-state index in [-0.39, 0.29) is 0 Å². The smallest absolute Gasteiger partial charge is 0.0197 e. The Bertz CT molecular complexity index is 168. The maximum Gasteiger partial charge on any atom is 0.0197 e. The summed E-state index contributed by atoms with van der Waals surface area (Å²) in [6, 6.07) is 0.433. The van der Waals surface area contributed by atoms with Gasteiger partial charge in [0, 0.05) is 9.46 Å². The average Bonchev–Trinajstić information content (AvgIpc) is 2.08. The largest absolute Gasteiger partial charge is 0.327 e. The van der Waals surface area contributed by atoms with Gasteiger partial charge in [-0.25, -0.2) is 0 Å². The Morgan fingerprint density at radius 3 is 2.57 bits per heavy atom. The summed E-state index contributed by atoms with van der Waals surface area (Å²) >= 11 is 2.63. The Morgan fingerprint density at radius 2 is 1.86 bits per heavy atom. The summed E-state index contributed by atoms with van der Waals surface area (Å²) in [6.45, 7) is 4.71. The lowest BCUT2D eigenvalue weighted by molar-refractivity contribution is 0.339. The van der Waals surface area contributed by atoms with Crippen LogP contribution in [0.1, 0.15) is 58.8 Å². The molecule has 14 heavy (non-hydrogen) atoms. The molecule has 0 aromatic rings. The van der Waals surface area contributed by atoms with Crippen LogP contribution in [0.4, 0.5) is 0 Å². The van der Waals surface area contributed by atoms with E-state index in [0.29, 0.717) is 15.4 Å². The predicted molar refractivity (Wildman–Crippen MR) is 71.9 cm³/mol. The van der Waals surface area contributed by atoms with Gasteiger partial charge in [-0.15, -0.1) is 0 Å². The summed E-state index contributed by atoms with van der Waals surface area (Å²) in [4.78, 5) is 0. The second kappa shape index (κ2) is 5.69. The molecule has 0 aliphatic heterocycles. The third-order valence-corrected chi connectivity index (χ3v) is 4.44. The van der Waals surface area contributed by atoms with Gasteiger partial charge >= 0.3 is 0 Å². The van der Waals surface area contributed by atoms with Crippen molar-refractivity contribution in [2.75, 3.05) is 0 Å². The van der Waals surface area contributed by atoms with E-state index >= 15 is 0 Å². The van der Waals surface area contributed by atoms with Crippen molar-refractivity contribution in [1.82, 2.24) is 0 Å². The van der Waals surface area contributed by atoms with Gasteiger partial charge < -0.3 is 5.73 Å². The van der Waals surface area contributed by atoms with Crippen LogP contribution >= 0.6 is 22.6 Å². The van der Waals surface area contributed by atoms with Crippen molar-refractivity contribution in [1.29, 1.82) is 0 Å². The molecule has 1 nitrogen and oxygen atoms in total. The zero-order chi connectivity index (χ0) is 10.6. The molecule has 0 spiro atoms. The molecule has 1 aliphatic rings. The van der Waals surface area contributed by atoms with Gasteiger partial charge in [0.1, 0.15) is 0 Å². The van der Waals surface area contributed by atoms with E-state index in [1.807, 2.05) is 0 Å². The van der Waals surface area contributed by atoms with Crippen LogP contribution in [0.5, 0.6) is 0 Å². The molecule has 1 saturated carbocycles. The van der Waals surface area contributed by atoms with E-state index in [4.69, 9.17) is 5.73 Å². The highest BCUT2D eigenvalue weighted by Gasteiger charge is 2.26. The first kappa shape index (κ1) is 12.8. The fourth-order valence-electron chi connectivity index (χ4n) is 2.44. The average molecular weight is 309 g/mol. The number of hydrogen-bond acceptors (Lipinski definition) is 1. The number of nitrogens with two attached hydrogens (primary N) is 1. The molecule has 2 heteroatoms. The zero-order valence-electron chi connectivity index (χ0n) is 9.56. The van der Waals surface area contributed by atoms with Gasteiger partial charge in [-0.1, -0.05) is 62.1 Å². The van der Waals surface area contributed by atoms with Crippen molar-refractivity contribution in [2.24, 2.45) is 11.7 Å². The van der Waals surface area contributed by atoms with Gasteiger partial charge in [-0.05, 0) is 25.2 Å². The standard InChI is InChI=1S/C12H24IN/c1-10-9-12(2,13)8-6-4-3-5-7-11(10)14/h10-11H,3-9,14H2,1-2H3. The first-order chi connectivity index (χ1) is 6.51. The number of hydrogen-bond donors (Lipinski definition) is 1. The normalized spacial score (nSPS) is 42.0. The molecule has 1 rings (SSSR count). The third kappa shape index (κ3) is 4.47. The topological polar surface area (TPSA) is 26.0 Å². The molecular weight excluding hydrogens is 285 g/mol. The van der Waals surface area contributed by atoms with Gasteiger partial charge in [0.2, 0.25) is 0 Å². The van der Waals surface area contributed by atoms with Crippen molar-refractivity contribution in [3.63, 3.8) is 0 Å². The van der Waals surface area contributed by atoms with Crippen molar-refractivity contribution >= 4 is 22.6 Å². The highest BCUT2D eigenvalue weighted by molar-refractivity contribution is 14.1. The number of halogens is 1. The number of rotatable bonds is 0. The van der Waals surface area contributed by atoms with E-state index in [1.165, 1.54) is 44.9 Å². The Kier molecular flexibility index (Phi) is 5.18. The van der Waals surface area contributed by atoms with E-state index in [9.17, 15) is 0 Å². The fraction of sp³-hybridized carbons (Fsp3) is 1.00. The minimum absolute atomic E-state index is 0.433. The van der Waals surface area contributed by atoms with Crippen LogP contribution in [0, 0.1) is 5.92 Å². The first-order valence-electron chi connectivity index (χ1n) is 5.96. The molecule has 3 atom stereocenters. The molecule has 1 fully saturated rings. The summed E-state index contributed by atoms with van der Waals surface area (Å²) < 4.78 is 0.478. The fourth-order valence-corrected chi connectivity index (χ4v) is 3.51. The van der Waals surface area contributed by atoms with Crippen LogP contribution < -0.4 is 5.73 Å². The predicted octanol–water partition coefficient (Wildman–Crippen LogP) is 3.89. The van der Waals surface area contributed by atoms with Crippen molar-refractivity contribution in [2.45, 2.75) is 68.3 Å². The first-order valence-corrected chi connectivity index (χ1v) is 7.04. The van der Waals surface area contributed by atoms with Crippen LogP contribution in [0.25, 0.3) is 0 Å². The van der Waals surface area contributed by atoms with E-state index < -0.39 is 0 Å². The van der Waals surface area contributed by atoms with Gasteiger partial charge in [0.05, 0.1) is 0 Å². The van der Waals surface area contributed by atoms with Crippen molar-refractivity contribution < 1.29 is 0 Å². The van der Waals surface area contributed by atoms with E-state index in [0.717, 1.165) is 0 Å². The molecule has 0 heterocycles. The maximum atomic E-state index is 6.19. The summed E-state index contributed by atoms with van der Waals surface area (Å²) in [5.41, 5.74) is 6.19. The van der Waals surface area contributed by atoms with Crippen LogP contribution in [-0.2, 0) is 0 Å². The minimum Gasteiger partial charge on any atom is -0.327 e. The summed E-state index contributed by atoms with van der Waals surface area (Å²) in [7, 11) is 0. The van der Waals surface area contributed by atoms with Gasteiger partial charge in [-0.3, -0.25) is 0 Å². The zero-order valence-corrected chi connectivity index (χ0v) is 11.7. The summed E-state index contributed by atoms with van der Waals surface area (Å²) in [5.74, 6) is 0.690. The molecular formula is C12H24IN. The Hall–Kier alpha value is 0.690. The number of alkyl halides is 1. The molecule has 1 aliphatic carbocycles. The Balaban J connectivity index is 2.51. The summed E-state index contributed by atoms with van der Waals surface area (Å²) in [6.07, 6.45) is 9.41. The maximum absolute atomic E-state index is 6.19. The van der Waals surface area contributed by atoms with E-state index in [1.54, 1.807) is 0 Å². The Labute approximate surface area is 102 Å². The monoisotopic (exact) mass is 309 g/mol. The quantitative estimate of drug-likeness (QED) is 0.533. The van der Waals surface area contributed by atoms with Crippen molar-refractivity contribution in [3.05, 3.63) is 0 Å². The SMILES string of the molecule is CC1CC(C)(I)CCCCCCC1N. The molecule has 3 unspecified atom stereocenters. The highest BCUT2D eigenvalue weighted by Crippen LogP contribution is 2.34. The van der Waals surface area contributed by atoms with Gasteiger partial charge in [0.15, 0.2) is 0 Å². The lowest BCUT2D eigenvalue weighted by Gasteiger charge is -2.30. The third-order valence-electron chi connectivity index (χ3n) is 3.46. The lowest BCUT2D eigenvalue weighted by atomic mass is 9.85. The molecule has 0 amide bonds. The van der Waals surface area contributed by atoms with E-state index in [2.05, 4.69) is 36.4 Å². The summed E-state index contributed by atoms with van der Waals surface area (Å²) in [5, 5.41) is 0. The minimum atomic E-state index is 0.433. The van der Waals surface area contributed by atoms with Crippen LogP contribution in [-0.4, -0.2) is 9.46 Å².